The lowest BCUT2D eigenvalue weighted by Gasteiger charge is -2.20. The second-order valence-electron chi connectivity index (χ2n) is 4.45. The first-order chi connectivity index (χ1) is 8.86. The summed E-state index contributed by atoms with van der Waals surface area (Å²) in [6.07, 6.45) is 0. The number of halogens is 1. The number of amides is 1. The summed E-state index contributed by atoms with van der Waals surface area (Å²) in [7, 11) is 1.29. The van der Waals surface area contributed by atoms with Crippen molar-refractivity contribution >= 4 is 33.5 Å². The molecule has 0 aromatic heterocycles. The molecule has 5 nitrogen and oxygen atoms in total. The summed E-state index contributed by atoms with van der Waals surface area (Å²) >= 11 is 3.28. The monoisotopic (exact) mass is 328 g/mol. The first kappa shape index (κ1) is 15.5. The van der Waals surface area contributed by atoms with Crippen molar-refractivity contribution < 1.29 is 14.3 Å². The largest absolute Gasteiger partial charge is 0.467 e. The standard InChI is InChI=1S/C13H17BrN2O3/c1-7(2)11(13(18)19-3)16-12(17)9-6-8(14)4-5-10(9)15/h4-7,11H,15H2,1-3H3,(H,16,17)/t11-/m0/s1. The van der Waals surface area contributed by atoms with E-state index in [1.54, 1.807) is 18.2 Å². The van der Waals surface area contributed by atoms with E-state index in [4.69, 9.17) is 5.73 Å². The normalized spacial score (nSPS) is 12.1. The van der Waals surface area contributed by atoms with Crippen molar-refractivity contribution in [3.63, 3.8) is 0 Å². The van der Waals surface area contributed by atoms with Gasteiger partial charge in [-0.2, -0.15) is 0 Å². The van der Waals surface area contributed by atoms with Gasteiger partial charge in [-0.05, 0) is 24.1 Å². The molecule has 1 amide bonds. The Balaban J connectivity index is 2.94. The number of methoxy groups -OCH3 is 1. The molecule has 0 bridgehead atoms. The van der Waals surface area contributed by atoms with E-state index in [1.807, 2.05) is 13.8 Å². The summed E-state index contributed by atoms with van der Waals surface area (Å²) in [4.78, 5) is 23.7. The van der Waals surface area contributed by atoms with E-state index in [0.717, 1.165) is 4.47 Å². The highest BCUT2D eigenvalue weighted by Crippen LogP contribution is 2.19. The van der Waals surface area contributed by atoms with Gasteiger partial charge in [0.1, 0.15) is 6.04 Å². The minimum atomic E-state index is -0.698. The number of nitrogens with one attached hydrogen (secondary N) is 1. The van der Waals surface area contributed by atoms with Crippen LogP contribution in [0.15, 0.2) is 22.7 Å². The van der Waals surface area contributed by atoms with Crippen molar-refractivity contribution in [3.8, 4) is 0 Å². The predicted octanol–water partition coefficient (Wildman–Crippen LogP) is 1.96. The summed E-state index contributed by atoms with van der Waals surface area (Å²) in [5.74, 6) is -0.954. The molecule has 0 aliphatic carbocycles. The van der Waals surface area contributed by atoms with E-state index in [0.29, 0.717) is 11.3 Å². The van der Waals surface area contributed by atoms with Crippen molar-refractivity contribution in [2.45, 2.75) is 19.9 Å². The molecule has 6 heteroatoms. The molecular formula is C13H17BrN2O3. The van der Waals surface area contributed by atoms with E-state index in [9.17, 15) is 9.59 Å². The van der Waals surface area contributed by atoms with Crippen molar-refractivity contribution in [1.29, 1.82) is 0 Å². The Kier molecular flexibility index (Phi) is 5.35. The number of nitrogen functional groups attached to an aromatic ring is 1. The fourth-order valence-electron chi connectivity index (χ4n) is 1.57. The minimum Gasteiger partial charge on any atom is -0.467 e. The van der Waals surface area contributed by atoms with Gasteiger partial charge >= 0.3 is 5.97 Å². The van der Waals surface area contributed by atoms with E-state index >= 15 is 0 Å². The van der Waals surface area contributed by atoms with E-state index < -0.39 is 17.9 Å². The van der Waals surface area contributed by atoms with Gasteiger partial charge in [0.05, 0.1) is 12.7 Å². The van der Waals surface area contributed by atoms with Crippen LogP contribution in [0, 0.1) is 5.92 Å². The lowest BCUT2D eigenvalue weighted by Crippen LogP contribution is -2.45. The molecular weight excluding hydrogens is 312 g/mol. The smallest absolute Gasteiger partial charge is 0.328 e. The Morgan fingerprint density at radius 1 is 1.37 bits per heavy atom. The van der Waals surface area contributed by atoms with Crippen molar-refractivity contribution in [2.24, 2.45) is 5.92 Å². The zero-order chi connectivity index (χ0) is 14.6. The molecule has 0 fully saturated rings. The summed E-state index contributed by atoms with van der Waals surface area (Å²) in [5.41, 5.74) is 6.43. The predicted molar refractivity (Wildman–Crippen MR) is 76.7 cm³/mol. The number of hydrogen-bond donors (Lipinski definition) is 2. The van der Waals surface area contributed by atoms with Crippen LogP contribution in [0.25, 0.3) is 0 Å². The molecule has 1 aromatic carbocycles. The van der Waals surface area contributed by atoms with E-state index in [-0.39, 0.29) is 5.92 Å². The van der Waals surface area contributed by atoms with Gasteiger partial charge in [0, 0.05) is 10.2 Å². The molecule has 0 unspecified atom stereocenters. The van der Waals surface area contributed by atoms with Gasteiger partial charge in [-0.3, -0.25) is 4.79 Å². The molecule has 1 atom stereocenters. The average Bonchev–Trinajstić information content (AvgIpc) is 2.37. The third-order valence-corrected chi connectivity index (χ3v) is 3.16. The maximum Gasteiger partial charge on any atom is 0.328 e. The van der Waals surface area contributed by atoms with Gasteiger partial charge in [0.15, 0.2) is 0 Å². The zero-order valence-electron chi connectivity index (χ0n) is 11.1. The quantitative estimate of drug-likeness (QED) is 0.654. The number of hydrogen-bond acceptors (Lipinski definition) is 4. The van der Waals surface area contributed by atoms with Crippen molar-refractivity contribution in [2.75, 3.05) is 12.8 Å². The number of anilines is 1. The molecule has 1 aromatic rings. The van der Waals surface area contributed by atoms with Crippen molar-refractivity contribution in [3.05, 3.63) is 28.2 Å². The van der Waals surface area contributed by atoms with Gasteiger partial charge in [-0.15, -0.1) is 0 Å². The fourth-order valence-corrected chi connectivity index (χ4v) is 1.93. The Labute approximate surface area is 120 Å². The Hall–Kier alpha value is -1.56. The molecule has 0 aliphatic heterocycles. The van der Waals surface area contributed by atoms with Crippen LogP contribution >= 0.6 is 15.9 Å². The zero-order valence-corrected chi connectivity index (χ0v) is 12.7. The topological polar surface area (TPSA) is 81.4 Å². The van der Waals surface area contributed by atoms with Gasteiger partial charge in [0.2, 0.25) is 0 Å². The van der Waals surface area contributed by atoms with Crippen LogP contribution in [0.3, 0.4) is 0 Å². The number of ether oxygens (including phenoxy) is 1. The second kappa shape index (κ2) is 6.56. The summed E-state index contributed by atoms with van der Waals surface area (Å²) in [6.45, 7) is 3.65. The molecule has 0 saturated carbocycles. The maximum absolute atomic E-state index is 12.1. The molecule has 0 aliphatic rings. The number of carbonyl (C=O) groups excluding carboxylic acids is 2. The Bertz CT molecular complexity index is 489. The molecule has 0 spiro atoms. The van der Waals surface area contributed by atoms with Gasteiger partial charge < -0.3 is 15.8 Å². The SMILES string of the molecule is COC(=O)[C@@H](NC(=O)c1cc(Br)ccc1N)C(C)C. The second-order valence-corrected chi connectivity index (χ2v) is 5.37. The third kappa shape index (κ3) is 3.96. The molecule has 3 N–H and O–H groups in total. The van der Waals surface area contributed by atoms with E-state index in [2.05, 4.69) is 26.0 Å². The van der Waals surface area contributed by atoms with Crippen LogP contribution in [0.5, 0.6) is 0 Å². The molecule has 0 saturated heterocycles. The van der Waals surface area contributed by atoms with Crippen LogP contribution in [-0.4, -0.2) is 25.0 Å². The lowest BCUT2D eigenvalue weighted by atomic mass is 10.0. The number of esters is 1. The number of benzene rings is 1. The molecule has 19 heavy (non-hydrogen) atoms. The third-order valence-electron chi connectivity index (χ3n) is 2.67. The highest BCUT2D eigenvalue weighted by atomic mass is 79.9. The van der Waals surface area contributed by atoms with Gasteiger partial charge in [-0.1, -0.05) is 29.8 Å². The number of carbonyl (C=O) groups is 2. The van der Waals surface area contributed by atoms with Gasteiger partial charge in [-0.25, -0.2) is 4.79 Å². The maximum atomic E-state index is 12.1. The van der Waals surface area contributed by atoms with Crippen LogP contribution in [0.4, 0.5) is 5.69 Å². The minimum absolute atomic E-state index is 0.0789. The Morgan fingerprint density at radius 3 is 2.53 bits per heavy atom. The first-order valence-corrected chi connectivity index (χ1v) is 6.59. The first-order valence-electron chi connectivity index (χ1n) is 5.80. The summed E-state index contributed by atoms with van der Waals surface area (Å²) < 4.78 is 5.41. The van der Waals surface area contributed by atoms with Crippen LogP contribution < -0.4 is 11.1 Å². The van der Waals surface area contributed by atoms with E-state index in [1.165, 1.54) is 7.11 Å². The van der Waals surface area contributed by atoms with Crippen molar-refractivity contribution in [1.82, 2.24) is 5.32 Å². The number of nitrogens with two attached hydrogens (primary N) is 1. The molecule has 0 radical (unpaired) electrons. The van der Waals surface area contributed by atoms with Gasteiger partial charge in [0.25, 0.3) is 5.91 Å². The van der Waals surface area contributed by atoms with Crippen LogP contribution in [0.1, 0.15) is 24.2 Å². The number of rotatable bonds is 4. The molecule has 104 valence electrons. The molecule has 0 heterocycles. The molecule has 1 rings (SSSR count). The highest BCUT2D eigenvalue weighted by molar-refractivity contribution is 9.10. The lowest BCUT2D eigenvalue weighted by molar-refractivity contribution is -0.144. The summed E-state index contributed by atoms with van der Waals surface area (Å²) in [6, 6.07) is 4.28. The highest BCUT2D eigenvalue weighted by Gasteiger charge is 2.26. The van der Waals surface area contributed by atoms with Crippen LogP contribution in [-0.2, 0) is 9.53 Å². The Morgan fingerprint density at radius 2 is 2.00 bits per heavy atom. The average molecular weight is 329 g/mol. The fraction of sp³-hybridized carbons (Fsp3) is 0.385. The van der Waals surface area contributed by atoms with Crippen LogP contribution in [0.2, 0.25) is 0 Å². The summed E-state index contributed by atoms with van der Waals surface area (Å²) in [5, 5.41) is 2.64.